The number of aromatic nitrogens is 2. The minimum Gasteiger partial charge on any atom is -0.367 e. The van der Waals surface area contributed by atoms with Crippen LogP contribution >= 0.6 is 12.2 Å². The smallest absolute Gasteiger partial charge is 0.262 e. The Labute approximate surface area is 186 Å². The third-order valence-corrected chi connectivity index (χ3v) is 6.20. The van der Waals surface area contributed by atoms with Crippen LogP contribution in [0.15, 0.2) is 47.3 Å². The molecule has 0 saturated carbocycles. The summed E-state index contributed by atoms with van der Waals surface area (Å²) in [6.07, 6.45) is 0. The molecule has 0 unspecified atom stereocenters. The van der Waals surface area contributed by atoms with Crippen molar-refractivity contribution in [3.63, 3.8) is 0 Å². The van der Waals surface area contributed by atoms with E-state index in [1.165, 1.54) is 4.57 Å². The zero-order valence-corrected chi connectivity index (χ0v) is 18.7. The van der Waals surface area contributed by atoms with Gasteiger partial charge >= 0.3 is 0 Å². The molecule has 0 radical (unpaired) electrons. The molecule has 1 saturated heterocycles. The average Bonchev–Trinajstić information content (AvgIpc) is 2.79. The Bertz CT molecular complexity index is 1220. The number of nitrogens with one attached hydrogen (secondary N) is 2. The largest absolute Gasteiger partial charge is 0.367 e. The molecule has 0 spiro atoms. The second kappa shape index (κ2) is 9.03. The number of nitrogens with zero attached hydrogens (tertiary/aromatic N) is 3. The van der Waals surface area contributed by atoms with Crippen LogP contribution in [0.3, 0.4) is 0 Å². The predicted octanol–water partition coefficient (Wildman–Crippen LogP) is 3.47. The standard InChI is InChI=1S/C23H27N5O2S/c1-3-26-11-13-27(14-12-26)20-8-6-5-7-18(20)24-21(29)16-9-10-17-19(15-16)25-23(31)28(4-2)22(17)30/h5-10,15H,3-4,11-14H2,1-2H3,(H,24,29)(H,25,31). The lowest BCUT2D eigenvalue weighted by Crippen LogP contribution is -2.46. The molecule has 0 atom stereocenters. The van der Waals surface area contributed by atoms with Gasteiger partial charge in [-0.25, -0.2) is 0 Å². The molecule has 1 aliphatic heterocycles. The average molecular weight is 438 g/mol. The predicted molar refractivity (Wildman–Crippen MR) is 128 cm³/mol. The van der Waals surface area contributed by atoms with E-state index in [-0.39, 0.29) is 11.5 Å². The number of para-hydroxylation sites is 2. The number of aromatic amines is 1. The SMILES string of the molecule is CCN1CCN(c2ccccc2NC(=O)c2ccc3c(=O)n(CC)c(=S)[nH]c3c2)CC1. The van der Waals surface area contributed by atoms with Crippen molar-refractivity contribution in [2.24, 2.45) is 0 Å². The summed E-state index contributed by atoms with van der Waals surface area (Å²) < 4.78 is 1.86. The van der Waals surface area contributed by atoms with E-state index in [2.05, 4.69) is 27.0 Å². The van der Waals surface area contributed by atoms with Crippen LogP contribution in [0.25, 0.3) is 10.9 Å². The van der Waals surface area contributed by atoms with Gasteiger partial charge < -0.3 is 20.1 Å². The fraction of sp³-hybridized carbons (Fsp3) is 0.348. The molecule has 1 aromatic heterocycles. The number of H-pyrrole nitrogens is 1. The van der Waals surface area contributed by atoms with Crippen LogP contribution in [0.4, 0.5) is 11.4 Å². The summed E-state index contributed by atoms with van der Waals surface area (Å²) in [4.78, 5) is 33.4. The summed E-state index contributed by atoms with van der Waals surface area (Å²) in [5.74, 6) is -0.222. The van der Waals surface area contributed by atoms with Crippen LogP contribution in [0.1, 0.15) is 24.2 Å². The van der Waals surface area contributed by atoms with Crippen molar-refractivity contribution in [3.8, 4) is 0 Å². The number of benzene rings is 2. The fourth-order valence-electron chi connectivity index (χ4n) is 4.04. The highest BCUT2D eigenvalue weighted by molar-refractivity contribution is 7.71. The van der Waals surface area contributed by atoms with Gasteiger partial charge in [-0.15, -0.1) is 0 Å². The highest BCUT2D eigenvalue weighted by atomic mass is 32.1. The molecule has 2 aromatic carbocycles. The normalized spacial score (nSPS) is 14.7. The van der Waals surface area contributed by atoms with E-state index in [4.69, 9.17) is 12.2 Å². The molecule has 8 heteroatoms. The fourth-order valence-corrected chi connectivity index (χ4v) is 4.36. The highest BCUT2D eigenvalue weighted by Gasteiger charge is 2.19. The number of amides is 1. The number of carbonyl (C=O) groups excluding carboxylic acids is 1. The van der Waals surface area contributed by atoms with E-state index >= 15 is 0 Å². The number of rotatable bonds is 5. The minimum absolute atomic E-state index is 0.148. The quantitative estimate of drug-likeness (QED) is 0.598. The first-order chi connectivity index (χ1) is 15.0. The van der Waals surface area contributed by atoms with Crippen molar-refractivity contribution in [3.05, 3.63) is 63.2 Å². The van der Waals surface area contributed by atoms with Crippen LogP contribution in [0.2, 0.25) is 0 Å². The van der Waals surface area contributed by atoms with Gasteiger partial charge in [0, 0.05) is 38.3 Å². The zero-order chi connectivity index (χ0) is 22.0. The van der Waals surface area contributed by atoms with E-state index in [9.17, 15) is 9.59 Å². The summed E-state index contributed by atoms with van der Waals surface area (Å²) >= 11 is 5.28. The maximum absolute atomic E-state index is 13.0. The lowest BCUT2D eigenvalue weighted by atomic mass is 10.1. The Balaban J connectivity index is 1.60. The van der Waals surface area contributed by atoms with Crippen molar-refractivity contribution in [1.29, 1.82) is 0 Å². The summed E-state index contributed by atoms with van der Waals surface area (Å²) in [6, 6.07) is 12.9. The van der Waals surface area contributed by atoms with E-state index in [1.54, 1.807) is 18.2 Å². The summed E-state index contributed by atoms with van der Waals surface area (Å²) in [5.41, 5.74) is 2.70. The van der Waals surface area contributed by atoms with Gasteiger partial charge in [-0.1, -0.05) is 19.1 Å². The molecule has 0 bridgehead atoms. The summed E-state index contributed by atoms with van der Waals surface area (Å²) in [5, 5.41) is 3.56. The monoisotopic (exact) mass is 437 g/mol. The number of anilines is 2. The van der Waals surface area contributed by atoms with Gasteiger partial charge in [0.25, 0.3) is 11.5 Å². The first-order valence-electron chi connectivity index (χ1n) is 10.7. The van der Waals surface area contributed by atoms with Crippen LogP contribution in [-0.4, -0.2) is 53.1 Å². The molecule has 1 fully saturated rings. The van der Waals surface area contributed by atoms with Crippen molar-refractivity contribution in [2.75, 3.05) is 42.9 Å². The molecule has 3 aromatic rings. The molecule has 1 amide bonds. The Morgan fingerprint density at radius 2 is 1.81 bits per heavy atom. The van der Waals surface area contributed by atoms with Gasteiger partial charge in [0.05, 0.1) is 22.3 Å². The van der Waals surface area contributed by atoms with Gasteiger partial charge in [0.15, 0.2) is 4.77 Å². The number of likely N-dealkylation sites (N-methyl/N-ethyl adjacent to an activating group) is 1. The van der Waals surface area contributed by atoms with Crippen LogP contribution in [0, 0.1) is 4.77 Å². The third-order valence-electron chi connectivity index (χ3n) is 5.87. The van der Waals surface area contributed by atoms with Gasteiger partial charge in [0.2, 0.25) is 0 Å². The molecule has 7 nitrogen and oxygen atoms in total. The lowest BCUT2D eigenvalue weighted by molar-refractivity contribution is 0.102. The maximum Gasteiger partial charge on any atom is 0.262 e. The molecule has 0 aliphatic carbocycles. The number of fused-ring (bicyclic) bond motifs is 1. The molecule has 1 aliphatic rings. The summed E-state index contributed by atoms with van der Waals surface area (Å²) in [7, 11) is 0. The Morgan fingerprint density at radius 3 is 2.52 bits per heavy atom. The van der Waals surface area contributed by atoms with Crippen molar-refractivity contribution in [2.45, 2.75) is 20.4 Å². The van der Waals surface area contributed by atoms with Crippen molar-refractivity contribution < 1.29 is 4.79 Å². The Kier molecular flexibility index (Phi) is 6.20. The van der Waals surface area contributed by atoms with Crippen molar-refractivity contribution in [1.82, 2.24) is 14.5 Å². The molecule has 31 heavy (non-hydrogen) atoms. The van der Waals surface area contributed by atoms with E-state index in [1.807, 2.05) is 31.2 Å². The van der Waals surface area contributed by atoms with Gasteiger partial charge in [0.1, 0.15) is 0 Å². The summed E-state index contributed by atoms with van der Waals surface area (Å²) in [6.45, 7) is 9.48. The molecular weight excluding hydrogens is 410 g/mol. The number of hydrogen-bond acceptors (Lipinski definition) is 5. The topological polar surface area (TPSA) is 73.4 Å². The Hall–Kier alpha value is -2.97. The van der Waals surface area contributed by atoms with E-state index in [0.717, 1.165) is 44.1 Å². The second-order valence-corrected chi connectivity index (χ2v) is 8.02. The van der Waals surface area contributed by atoms with E-state index < -0.39 is 0 Å². The van der Waals surface area contributed by atoms with E-state index in [0.29, 0.717) is 27.8 Å². The van der Waals surface area contributed by atoms with Crippen LogP contribution in [-0.2, 0) is 6.54 Å². The molecular formula is C23H27N5O2S. The maximum atomic E-state index is 13.0. The number of carbonyl (C=O) groups is 1. The molecule has 162 valence electrons. The lowest BCUT2D eigenvalue weighted by Gasteiger charge is -2.36. The highest BCUT2D eigenvalue weighted by Crippen LogP contribution is 2.27. The minimum atomic E-state index is -0.222. The van der Waals surface area contributed by atoms with Gasteiger partial charge in [-0.05, 0) is 56.0 Å². The first-order valence-corrected chi connectivity index (χ1v) is 11.1. The van der Waals surface area contributed by atoms with Gasteiger partial charge in [-0.3, -0.25) is 14.2 Å². The number of hydrogen-bond donors (Lipinski definition) is 2. The van der Waals surface area contributed by atoms with Gasteiger partial charge in [-0.2, -0.15) is 0 Å². The molecule has 2 heterocycles. The molecule has 2 N–H and O–H groups in total. The second-order valence-electron chi connectivity index (χ2n) is 7.63. The third kappa shape index (κ3) is 4.26. The zero-order valence-electron chi connectivity index (χ0n) is 17.9. The van der Waals surface area contributed by atoms with Crippen LogP contribution in [0.5, 0.6) is 0 Å². The van der Waals surface area contributed by atoms with Crippen LogP contribution < -0.4 is 15.8 Å². The Morgan fingerprint density at radius 1 is 1.06 bits per heavy atom. The van der Waals surface area contributed by atoms with Crippen molar-refractivity contribution >= 4 is 40.4 Å². The molecule has 4 rings (SSSR count). The first kappa shape index (κ1) is 21.3. The number of piperazine rings is 1.